The highest BCUT2D eigenvalue weighted by atomic mass is 16.5. The number of carbonyl (C=O) groups is 1. The van der Waals surface area contributed by atoms with Gasteiger partial charge in [-0.05, 0) is 6.92 Å². The maximum atomic E-state index is 11.1. The summed E-state index contributed by atoms with van der Waals surface area (Å²) in [5, 5.41) is 8.68. The lowest BCUT2D eigenvalue weighted by Crippen LogP contribution is -2.07. The molecule has 0 fully saturated rings. The number of hydrogen-bond donors (Lipinski definition) is 1. The van der Waals surface area contributed by atoms with Crippen LogP contribution in [0.2, 0.25) is 0 Å². The summed E-state index contributed by atoms with van der Waals surface area (Å²) < 4.78 is 4.77. The first-order valence-corrected chi connectivity index (χ1v) is 4.84. The first-order valence-electron chi connectivity index (χ1n) is 4.84. The van der Waals surface area contributed by atoms with Crippen LogP contribution in [-0.2, 0) is 16.0 Å². The molecule has 84 valence electrons. The zero-order valence-corrected chi connectivity index (χ0v) is 8.93. The molecule has 0 saturated carbocycles. The van der Waals surface area contributed by atoms with Crippen molar-refractivity contribution >= 4 is 11.8 Å². The highest BCUT2D eigenvalue weighted by Gasteiger charge is 2.07. The van der Waals surface area contributed by atoms with Crippen LogP contribution in [0.25, 0.3) is 0 Å². The maximum absolute atomic E-state index is 11.1. The van der Waals surface area contributed by atoms with Gasteiger partial charge in [0.2, 0.25) is 0 Å². The van der Waals surface area contributed by atoms with Crippen LogP contribution in [0.5, 0.6) is 0 Å². The van der Waals surface area contributed by atoms with Crippen molar-refractivity contribution in [3.63, 3.8) is 0 Å². The third-order valence-electron chi connectivity index (χ3n) is 1.85. The van der Waals surface area contributed by atoms with Crippen molar-refractivity contribution in [3.8, 4) is 6.07 Å². The predicted octanol–water partition coefficient (Wildman–Crippen LogP) is 0.426. The van der Waals surface area contributed by atoms with E-state index >= 15 is 0 Å². The summed E-state index contributed by atoms with van der Waals surface area (Å²) in [6.07, 6.45) is 2.06. The van der Waals surface area contributed by atoms with Gasteiger partial charge in [0.25, 0.3) is 0 Å². The summed E-state index contributed by atoms with van der Waals surface area (Å²) in [6.45, 7) is 2.10. The molecule has 0 bridgehead atoms. The van der Waals surface area contributed by atoms with E-state index in [1.54, 1.807) is 6.92 Å². The number of ether oxygens (including phenoxy) is 1. The summed E-state index contributed by atoms with van der Waals surface area (Å²) in [7, 11) is 0. The molecule has 1 heterocycles. The summed E-state index contributed by atoms with van der Waals surface area (Å²) in [5.41, 5.74) is 6.05. The summed E-state index contributed by atoms with van der Waals surface area (Å²) in [6, 6.07) is 1.83. The van der Waals surface area contributed by atoms with E-state index in [1.807, 2.05) is 6.07 Å². The van der Waals surface area contributed by atoms with Gasteiger partial charge >= 0.3 is 5.97 Å². The first-order chi connectivity index (χ1) is 7.67. The lowest BCUT2D eigenvalue weighted by molar-refractivity contribution is -0.143. The number of aryl methyl sites for hydroxylation is 1. The summed E-state index contributed by atoms with van der Waals surface area (Å²) in [5.74, 6) is -0.193. The van der Waals surface area contributed by atoms with Gasteiger partial charge in [0, 0.05) is 6.42 Å². The maximum Gasteiger partial charge on any atom is 0.306 e. The molecule has 6 heteroatoms. The largest absolute Gasteiger partial charge is 0.466 e. The minimum absolute atomic E-state index is 0.0846. The van der Waals surface area contributed by atoms with Gasteiger partial charge in [-0.3, -0.25) is 4.79 Å². The summed E-state index contributed by atoms with van der Waals surface area (Å²) in [4.78, 5) is 18.9. The van der Waals surface area contributed by atoms with E-state index in [9.17, 15) is 4.79 Å². The number of nitrogens with zero attached hydrogens (tertiary/aromatic N) is 3. The molecule has 0 aliphatic rings. The Hall–Kier alpha value is -2.16. The second kappa shape index (κ2) is 5.66. The number of aromatic nitrogens is 2. The lowest BCUT2D eigenvalue weighted by atomic mass is 10.2. The molecule has 6 nitrogen and oxygen atoms in total. The van der Waals surface area contributed by atoms with Crippen molar-refractivity contribution < 1.29 is 9.53 Å². The topological polar surface area (TPSA) is 102 Å². The van der Waals surface area contributed by atoms with E-state index in [-0.39, 0.29) is 23.9 Å². The van der Waals surface area contributed by atoms with E-state index in [0.717, 1.165) is 0 Å². The average molecular weight is 220 g/mol. The molecule has 0 radical (unpaired) electrons. The minimum atomic E-state index is -0.292. The Labute approximate surface area is 93.1 Å². The number of carbonyl (C=O) groups excluding carboxylic acids is 1. The van der Waals surface area contributed by atoms with Crippen molar-refractivity contribution in [2.75, 3.05) is 12.3 Å². The van der Waals surface area contributed by atoms with Crippen LogP contribution in [0.4, 0.5) is 5.82 Å². The minimum Gasteiger partial charge on any atom is -0.466 e. The molecule has 0 unspecified atom stereocenters. The highest BCUT2D eigenvalue weighted by Crippen LogP contribution is 2.06. The standard InChI is InChI=1S/C10H12N4O2/c1-2-16-9(15)4-3-7-6-13-10(12)8(5-11)14-7/h6H,2-4H2,1H3,(H2,12,13). The van der Waals surface area contributed by atoms with Crippen LogP contribution in [0, 0.1) is 11.3 Å². The van der Waals surface area contributed by atoms with Crippen molar-refractivity contribution in [2.45, 2.75) is 19.8 Å². The molecule has 0 aromatic carbocycles. The Kier molecular flexibility index (Phi) is 4.21. The first kappa shape index (κ1) is 11.9. The van der Waals surface area contributed by atoms with Crippen molar-refractivity contribution in [1.29, 1.82) is 5.26 Å². The van der Waals surface area contributed by atoms with E-state index in [0.29, 0.717) is 18.7 Å². The Bertz CT molecular complexity index is 425. The molecule has 0 aliphatic heterocycles. The van der Waals surface area contributed by atoms with E-state index in [4.69, 9.17) is 15.7 Å². The molecule has 1 rings (SSSR count). The number of nitrogen functional groups attached to an aromatic ring is 1. The SMILES string of the molecule is CCOC(=O)CCc1cnc(N)c(C#N)n1. The molecular formula is C10H12N4O2. The predicted molar refractivity (Wildman–Crippen MR) is 56.1 cm³/mol. The molecule has 16 heavy (non-hydrogen) atoms. The third kappa shape index (κ3) is 3.20. The quantitative estimate of drug-likeness (QED) is 0.738. The van der Waals surface area contributed by atoms with Crippen molar-refractivity contribution in [1.82, 2.24) is 9.97 Å². The number of esters is 1. The average Bonchev–Trinajstić information content (AvgIpc) is 2.28. The molecular weight excluding hydrogens is 208 g/mol. The molecule has 0 amide bonds. The second-order valence-corrected chi connectivity index (χ2v) is 3.01. The van der Waals surface area contributed by atoms with Crippen molar-refractivity contribution in [2.24, 2.45) is 0 Å². The number of nitriles is 1. The van der Waals surface area contributed by atoms with Gasteiger partial charge in [-0.2, -0.15) is 5.26 Å². The van der Waals surface area contributed by atoms with Gasteiger partial charge in [-0.1, -0.05) is 0 Å². The molecule has 0 atom stereocenters. The molecule has 1 aromatic rings. The number of nitrogens with two attached hydrogens (primary N) is 1. The van der Waals surface area contributed by atoms with Gasteiger partial charge in [0.05, 0.1) is 24.9 Å². The lowest BCUT2D eigenvalue weighted by Gasteiger charge is -2.02. The van der Waals surface area contributed by atoms with Crippen LogP contribution in [-0.4, -0.2) is 22.5 Å². The fourth-order valence-electron chi connectivity index (χ4n) is 1.10. The molecule has 0 saturated heterocycles. The van der Waals surface area contributed by atoms with E-state index in [1.165, 1.54) is 6.20 Å². The Morgan fingerprint density at radius 2 is 2.44 bits per heavy atom. The van der Waals surface area contributed by atoms with E-state index < -0.39 is 0 Å². The third-order valence-corrected chi connectivity index (χ3v) is 1.85. The van der Waals surface area contributed by atoms with Gasteiger partial charge in [-0.15, -0.1) is 0 Å². The van der Waals surface area contributed by atoms with Crippen LogP contribution >= 0.6 is 0 Å². The monoisotopic (exact) mass is 220 g/mol. The molecule has 2 N–H and O–H groups in total. The normalized spacial score (nSPS) is 9.50. The molecule has 1 aromatic heterocycles. The zero-order valence-electron chi connectivity index (χ0n) is 8.93. The fraction of sp³-hybridized carbons (Fsp3) is 0.400. The van der Waals surface area contributed by atoms with Crippen LogP contribution in [0.1, 0.15) is 24.7 Å². The Morgan fingerprint density at radius 1 is 1.69 bits per heavy atom. The highest BCUT2D eigenvalue weighted by molar-refractivity contribution is 5.69. The van der Waals surface area contributed by atoms with Crippen LogP contribution in [0.15, 0.2) is 6.20 Å². The van der Waals surface area contributed by atoms with Crippen LogP contribution < -0.4 is 5.73 Å². The van der Waals surface area contributed by atoms with Gasteiger partial charge in [0.1, 0.15) is 6.07 Å². The van der Waals surface area contributed by atoms with Crippen LogP contribution in [0.3, 0.4) is 0 Å². The van der Waals surface area contributed by atoms with Gasteiger partial charge < -0.3 is 10.5 Å². The molecule has 0 spiro atoms. The number of hydrogen-bond acceptors (Lipinski definition) is 6. The Balaban J connectivity index is 2.62. The number of anilines is 1. The van der Waals surface area contributed by atoms with Gasteiger partial charge in [0.15, 0.2) is 11.5 Å². The fourth-order valence-corrected chi connectivity index (χ4v) is 1.10. The summed E-state index contributed by atoms with van der Waals surface area (Å²) >= 11 is 0. The second-order valence-electron chi connectivity index (χ2n) is 3.01. The molecule has 0 aliphatic carbocycles. The Morgan fingerprint density at radius 3 is 3.06 bits per heavy atom. The zero-order chi connectivity index (χ0) is 12.0. The van der Waals surface area contributed by atoms with Crippen molar-refractivity contribution in [3.05, 3.63) is 17.6 Å². The number of rotatable bonds is 4. The smallest absolute Gasteiger partial charge is 0.306 e. The van der Waals surface area contributed by atoms with E-state index in [2.05, 4.69) is 9.97 Å². The van der Waals surface area contributed by atoms with Gasteiger partial charge in [-0.25, -0.2) is 9.97 Å².